The first-order valence-electron chi connectivity index (χ1n) is 5.30. The predicted octanol–water partition coefficient (Wildman–Crippen LogP) is 4.36. The van der Waals surface area contributed by atoms with Crippen LogP contribution in [0.25, 0.3) is 0 Å². The Bertz CT molecular complexity index is 211. The minimum absolute atomic E-state index is 1.15. The third-order valence-corrected chi connectivity index (χ3v) is 2.14. The molecule has 0 radical (unpaired) electrons. The molecule has 0 amide bonds. The molecule has 0 heteroatoms. The van der Waals surface area contributed by atoms with E-state index in [9.17, 15) is 0 Å². The summed E-state index contributed by atoms with van der Waals surface area (Å²) >= 11 is 0. The van der Waals surface area contributed by atoms with Gasteiger partial charge in [-0.2, -0.15) is 0 Å². The second kappa shape index (κ2) is 7.85. The van der Waals surface area contributed by atoms with E-state index in [1.54, 1.807) is 0 Å². The fourth-order valence-corrected chi connectivity index (χ4v) is 1.01. The van der Waals surface area contributed by atoms with Crippen LogP contribution in [0.15, 0.2) is 24.3 Å². The van der Waals surface area contributed by atoms with Gasteiger partial charge in [0.1, 0.15) is 0 Å². The number of unbranched alkanes of at least 4 members (excludes halogenated alkanes) is 1. The lowest BCUT2D eigenvalue weighted by molar-refractivity contribution is 0.886. The molecule has 0 nitrogen and oxygen atoms in total. The fraction of sp³-hybridized carbons (Fsp3) is 0.538. The van der Waals surface area contributed by atoms with Crippen molar-refractivity contribution in [1.82, 2.24) is 0 Å². The molecule has 1 aromatic rings. The van der Waals surface area contributed by atoms with Crippen LogP contribution in [0.3, 0.4) is 0 Å². The minimum atomic E-state index is 1.15. The van der Waals surface area contributed by atoms with E-state index in [2.05, 4.69) is 52.0 Å². The second-order valence-corrected chi connectivity index (χ2v) is 3.28. The van der Waals surface area contributed by atoms with Gasteiger partial charge >= 0.3 is 0 Å². The van der Waals surface area contributed by atoms with Crippen molar-refractivity contribution in [3.63, 3.8) is 0 Å². The maximum absolute atomic E-state index is 2.18. The summed E-state index contributed by atoms with van der Waals surface area (Å²) in [6, 6.07) is 8.49. The monoisotopic (exact) mass is 178 g/mol. The predicted molar refractivity (Wildman–Crippen MR) is 61.1 cm³/mol. The van der Waals surface area contributed by atoms with E-state index in [4.69, 9.17) is 0 Å². The normalized spacial score (nSPS) is 8.92. The molecule has 13 heavy (non-hydrogen) atoms. The van der Waals surface area contributed by atoms with Crippen LogP contribution < -0.4 is 0 Å². The topological polar surface area (TPSA) is 0 Å². The summed E-state index contributed by atoms with van der Waals surface area (Å²) in [5.41, 5.74) is 2.86. The molecule has 0 N–H and O–H groups in total. The van der Waals surface area contributed by atoms with Crippen LogP contribution in [-0.4, -0.2) is 0 Å². The Morgan fingerprint density at radius 3 is 1.77 bits per heavy atom. The van der Waals surface area contributed by atoms with Crippen molar-refractivity contribution in [2.45, 2.75) is 47.0 Å². The lowest BCUT2D eigenvalue weighted by Crippen LogP contribution is -1.82. The second-order valence-electron chi connectivity index (χ2n) is 3.28. The molecule has 0 heterocycles. The highest BCUT2D eigenvalue weighted by Crippen LogP contribution is 2.06. The third kappa shape index (κ3) is 5.46. The van der Waals surface area contributed by atoms with Gasteiger partial charge in [0.15, 0.2) is 0 Å². The zero-order valence-corrected chi connectivity index (χ0v) is 9.43. The first kappa shape index (κ1) is 12.2. The largest absolute Gasteiger partial charge is 0.0654 e. The number of hydrogen-bond donors (Lipinski definition) is 0. The van der Waals surface area contributed by atoms with Crippen molar-refractivity contribution in [2.24, 2.45) is 0 Å². The Labute approximate surface area is 83.0 Å². The maximum atomic E-state index is 2.18. The van der Waals surface area contributed by atoms with Gasteiger partial charge in [0.25, 0.3) is 0 Å². The lowest BCUT2D eigenvalue weighted by Gasteiger charge is -1.98. The third-order valence-electron chi connectivity index (χ3n) is 2.14. The number of benzene rings is 1. The zero-order chi connectivity index (χ0) is 10.1. The molecular formula is C13H22. The van der Waals surface area contributed by atoms with Crippen LogP contribution in [0.2, 0.25) is 0 Å². The summed E-state index contributed by atoms with van der Waals surface area (Å²) in [6.45, 7) is 8.70. The fourth-order valence-electron chi connectivity index (χ4n) is 1.01. The average molecular weight is 178 g/mol. The SMILES string of the molecule is CCCC.CCc1ccccc1C. The molecule has 0 saturated carbocycles. The van der Waals surface area contributed by atoms with Crippen LogP contribution in [0.5, 0.6) is 0 Å². The van der Waals surface area contributed by atoms with E-state index >= 15 is 0 Å². The first-order chi connectivity index (χ1) is 6.26. The van der Waals surface area contributed by atoms with Gasteiger partial charge in [0.05, 0.1) is 0 Å². The standard InChI is InChI=1S/C9H12.C4H10/c1-3-9-7-5-4-6-8(9)2;1-3-4-2/h4-7H,3H2,1-2H3;3-4H2,1-2H3. The summed E-state index contributed by atoms with van der Waals surface area (Å²) in [5.74, 6) is 0. The van der Waals surface area contributed by atoms with Crippen LogP contribution >= 0.6 is 0 Å². The van der Waals surface area contributed by atoms with Crippen molar-refractivity contribution >= 4 is 0 Å². The van der Waals surface area contributed by atoms with Crippen LogP contribution in [-0.2, 0) is 6.42 Å². The molecule has 0 aliphatic rings. The Kier molecular flexibility index (Phi) is 7.38. The average Bonchev–Trinajstić information content (AvgIpc) is 2.19. The number of aryl methyl sites for hydroxylation is 2. The zero-order valence-electron chi connectivity index (χ0n) is 9.43. The van der Waals surface area contributed by atoms with Gasteiger partial charge < -0.3 is 0 Å². The highest BCUT2D eigenvalue weighted by Gasteiger charge is 1.89. The van der Waals surface area contributed by atoms with Gasteiger partial charge in [-0.15, -0.1) is 0 Å². The van der Waals surface area contributed by atoms with Gasteiger partial charge in [-0.3, -0.25) is 0 Å². The van der Waals surface area contributed by atoms with Crippen molar-refractivity contribution < 1.29 is 0 Å². The van der Waals surface area contributed by atoms with Crippen molar-refractivity contribution in [1.29, 1.82) is 0 Å². The molecule has 1 rings (SSSR count). The van der Waals surface area contributed by atoms with Gasteiger partial charge in [0, 0.05) is 0 Å². The molecule has 0 bridgehead atoms. The van der Waals surface area contributed by atoms with Gasteiger partial charge in [-0.05, 0) is 24.5 Å². The molecule has 0 atom stereocenters. The Hall–Kier alpha value is -0.780. The van der Waals surface area contributed by atoms with Crippen LogP contribution in [0, 0.1) is 6.92 Å². The van der Waals surface area contributed by atoms with Crippen LogP contribution in [0.1, 0.15) is 44.7 Å². The molecule has 74 valence electrons. The Morgan fingerprint density at radius 1 is 0.923 bits per heavy atom. The van der Waals surface area contributed by atoms with E-state index in [0.717, 1.165) is 6.42 Å². The Balaban J connectivity index is 0.000000310. The van der Waals surface area contributed by atoms with E-state index < -0.39 is 0 Å². The van der Waals surface area contributed by atoms with E-state index in [1.165, 1.54) is 24.0 Å². The summed E-state index contributed by atoms with van der Waals surface area (Å²) in [6.07, 6.45) is 3.78. The molecule has 0 aromatic heterocycles. The van der Waals surface area contributed by atoms with Gasteiger partial charge in [0.2, 0.25) is 0 Å². The van der Waals surface area contributed by atoms with Crippen molar-refractivity contribution in [3.8, 4) is 0 Å². The van der Waals surface area contributed by atoms with Crippen LogP contribution in [0.4, 0.5) is 0 Å². The Morgan fingerprint density at radius 2 is 1.46 bits per heavy atom. The summed E-state index contributed by atoms with van der Waals surface area (Å²) in [4.78, 5) is 0. The highest BCUT2D eigenvalue weighted by atomic mass is 13.9. The molecule has 0 fully saturated rings. The molecule has 1 aromatic carbocycles. The van der Waals surface area contributed by atoms with E-state index in [1.807, 2.05) is 0 Å². The van der Waals surface area contributed by atoms with E-state index in [-0.39, 0.29) is 0 Å². The molecular weight excluding hydrogens is 156 g/mol. The maximum Gasteiger partial charge on any atom is -0.0305 e. The number of rotatable bonds is 2. The smallest absolute Gasteiger partial charge is 0.0305 e. The molecule has 0 aliphatic heterocycles. The highest BCUT2D eigenvalue weighted by molar-refractivity contribution is 5.24. The molecule has 0 saturated heterocycles. The quantitative estimate of drug-likeness (QED) is 0.631. The summed E-state index contributed by atoms with van der Waals surface area (Å²) in [7, 11) is 0. The molecule has 0 aliphatic carbocycles. The van der Waals surface area contributed by atoms with Gasteiger partial charge in [-0.1, -0.05) is 57.9 Å². The summed E-state index contributed by atoms with van der Waals surface area (Å²) < 4.78 is 0. The van der Waals surface area contributed by atoms with Gasteiger partial charge in [-0.25, -0.2) is 0 Å². The lowest BCUT2D eigenvalue weighted by atomic mass is 10.1. The first-order valence-corrected chi connectivity index (χ1v) is 5.30. The van der Waals surface area contributed by atoms with Crippen molar-refractivity contribution in [3.05, 3.63) is 35.4 Å². The van der Waals surface area contributed by atoms with E-state index in [0.29, 0.717) is 0 Å². The minimum Gasteiger partial charge on any atom is -0.0654 e. The molecule has 0 unspecified atom stereocenters. The molecule has 0 spiro atoms. The van der Waals surface area contributed by atoms with Crippen molar-refractivity contribution in [2.75, 3.05) is 0 Å². The summed E-state index contributed by atoms with van der Waals surface area (Å²) in [5, 5.41) is 0. The number of hydrogen-bond acceptors (Lipinski definition) is 0.